The highest BCUT2D eigenvalue weighted by Crippen LogP contribution is 2.72. The number of aliphatic hydroxyl groups excluding tert-OH is 4. The molecule has 103 heavy (non-hydrogen) atoms. The Morgan fingerprint density at radius 1 is 0.447 bits per heavy atom. The molecule has 2 heterocycles. The lowest BCUT2D eigenvalue weighted by atomic mass is 9.43. The van der Waals surface area contributed by atoms with E-state index in [9.17, 15) is 44.4 Å². The van der Waals surface area contributed by atoms with Gasteiger partial charge in [-0.1, -0.05) is 72.7 Å². The van der Waals surface area contributed by atoms with E-state index >= 15 is 0 Å². The third-order valence-electron chi connectivity index (χ3n) is 34.2. The SMILES string of the molecule is COC(=O)CC[C@@H](C)[C@H]1CC[C@H]2[C@@H]3CC[C@@H]4C[C@H](OC(=O)Cn5cc(COC(=O)CC[C@@H](C)[C@H]6CC[C@H]7[C@@H]8CC[C@@H]9C[C@H](O)CC[C@]9(C)[C@H]8C[C@H](O)[C@]67C)nn5)CC[C@]4(C)[C@H]3C[C@H](OC(=O)Cn3cc(COC(=O)CC[C@@H](C)[C@H]4CC[C@H]5[C@@H]6CC[C@@H]7C[C@H](O)CC[C@]7(C)[C@H]6C[C@H](O)[C@]45C)nn3)[C@]12C. The maximum Gasteiger partial charge on any atom is 0.328 e. The average Bonchev–Trinajstić information content (AvgIpc) is 1.66. The van der Waals surface area contributed by atoms with Crippen LogP contribution < -0.4 is 0 Å². The van der Waals surface area contributed by atoms with Crippen LogP contribution in [0.1, 0.15) is 266 Å². The Labute approximate surface area is 612 Å². The first-order valence-electron chi connectivity index (χ1n) is 41.3. The number of carbonyl (C=O) groups is 5. The molecule has 12 aliphatic carbocycles. The first kappa shape index (κ1) is 75.3. The Bertz CT molecular complexity index is 3380. The lowest BCUT2D eigenvalue weighted by Crippen LogP contribution is -2.59. The molecular formula is C83H128N6O14. The van der Waals surface area contributed by atoms with Gasteiger partial charge in [0.2, 0.25) is 0 Å². The normalized spacial score (nSPS) is 44.5. The summed E-state index contributed by atoms with van der Waals surface area (Å²) < 4.78 is 32.6. The zero-order valence-electron chi connectivity index (χ0n) is 64.1. The molecule has 0 spiro atoms. The molecule has 0 bridgehead atoms. The number of hydrogen-bond donors (Lipinski definition) is 4. The van der Waals surface area contributed by atoms with Crippen molar-refractivity contribution in [3.05, 3.63) is 23.8 Å². The van der Waals surface area contributed by atoms with Gasteiger partial charge < -0.3 is 44.1 Å². The van der Waals surface area contributed by atoms with Crippen LogP contribution in [0.5, 0.6) is 0 Å². The van der Waals surface area contributed by atoms with Gasteiger partial charge in [-0.3, -0.25) is 24.0 Å². The molecule has 2 aromatic rings. The van der Waals surface area contributed by atoms with E-state index in [2.05, 4.69) is 82.9 Å². The molecule has 0 amide bonds. The maximum atomic E-state index is 14.4. The molecule has 0 unspecified atom stereocenters. The van der Waals surface area contributed by atoms with E-state index in [4.69, 9.17) is 23.7 Å². The molecule has 0 radical (unpaired) electrons. The summed E-state index contributed by atoms with van der Waals surface area (Å²) in [7, 11) is 1.44. The van der Waals surface area contributed by atoms with Crippen molar-refractivity contribution in [3.63, 3.8) is 0 Å². The standard InChI is InChI=1S/C83H128N6O14/c1-47(61-20-23-64-58-17-14-50-35-55(90)29-32-78(50,4)67(58)38-70(92)81(61,64)7)12-27-74(95)100-45-53-41-88(86-84-53)43-76(97)102-57-31-34-80(6)52(37-57)16-19-60-66-25-22-63(49(3)11-26-73(94)99-10)83(66,9)72(40-69(60)80)103-77(98)44-89-42-54(85-87-89)46-101-75(96)28-13-48(2)62-21-24-65-59-18-15-51-36-56(91)30-33-79(51,5)68(59)39-71(93)82(62,65)8/h41-42,47-52,55-72,90-93H,11-40,43-46H2,1-10H3/t47-,48-,49-,50-,51-,52-,55-,56-,57-,58+,59+,60+,61-,62-,63-,64+,65+,66+,67+,68+,69+,70+,71+,72+,78+,79+,80+,81-,82-,83-/m1/s1. The average molecular weight is 1430 g/mol. The van der Waals surface area contributed by atoms with Crippen molar-refractivity contribution < 1.29 is 68.1 Å². The first-order chi connectivity index (χ1) is 49.1. The summed E-state index contributed by atoms with van der Waals surface area (Å²) in [5, 5.41) is 62.4. The summed E-state index contributed by atoms with van der Waals surface area (Å²) in [5.41, 5.74) is 0.512. The number of nitrogens with zero attached hydrogens (tertiary/aromatic N) is 6. The molecule has 2 aromatic heterocycles. The summed E-state index contributed by atoms with van der Waals surface area (Å²) >= 11 is 0. The molecule has 20 nitrogen and oxygen atoms in total. The molecule has 12 fully saturated rings. The third-order valence-corrected chi connectivity index (χ3v) is 34.2. The minimum atomic E-state index is -0.397. The van der Waals surface area contributed by atoms with Gasteiger partial charge in [0, 0.05) is 24.7 Å². The second-order valence-corrected chi connectivity index (χ2v) is 38.3. The van der Waals surface area contributed by atoms with Gasteiger partial charge in [-0.05, 0) is 307 Å². The Balaban J connectivity index is 0.542. The fourth-order valence-electron chi connectivity index (χ4n) is 28.6. The maximum absolute atomic E-state index is 14.4. The fraction of sp³-hybridized carbons (Fsp3) is 0.892. The number of ether oxygens (including phenoxy) is 5. The van der Waals surface area contributed by atoms with Crippen LogP contribution >= 0.6 is 0 Å². The van der Waals surface area contributed by atoms with Gasteiger partial charge in [-0.25, -0.2) is 9.36 Å². The van der Waals surface area contributed by atoms with Gasteiger partial charge in [0.25, 0.3) is 0 Å². The lowest BCUT2D eigenvalue weighted by Gasteiger charge is -2.62. The smallest absolute Gasteiger partial charge is 0.328 e. The molecule has 0 saturated heterocycles. The molecular weight excluding hydrogens is 1300 g/mol. The van der Waals surface area contributed by atoms with Gasteiger partial charge in [0.05, 0.1) is 43.9 Å². The van der Waals surface area contributed by atoms with Crippen molar-refractivity contribution in [1.82, 2.24) is 30.0 Å². The number of fused-ring (bicyclic) bond motifs is 15. The highest BCUT2D eigenvalue weighted by Gasteiger charge is 2.68. The van der Waals surface area contributed by atoms with Gasteiger partial charge in [-0.2, -0.15) is 0 Å². The van der Waals surface area contributed by atoms with E-state index in [1.807, 2.05) is 0 Å². The Kier molecular flexibility index (Phi) is 21.5. The van der Waals surface area contributed by atoms with Crippen LogP contribution in [0.25, 0.3) is 0 Å². The van der Waals surface area contributed by atoms with E-state index < -0.39 is 5.97 Å². The molecule has 12 saturated carbocycles. The highest BCUT2D eigenvalue weighted by atomic mass is 16.6. The van der Waals surface area contributed by atoms with Crippen LogP contribution in [0.3, 0.4) is 0 Å². The molecule has 14 rings (SSSR count). The van der Waals surface area contributed by atoms with Crippen molar-refractivity contribution in [2.45, 2.75) is 318 Å². The van der Waals surface area contributed by atoms with E-state index in [1.54, 1.807) is 12.4 Å². The van der Waals surface area contributed by atoms with Crippen LogP contribution in [0.4, 0.5) is 0 Å². The predicted octanol–water partition coefficient (Wildman–Crippen LogP) is 13.2. The number of aliphatic hydroxyl groups is 4. The largest absolute Gasteiger partial charge is 0.469 e. The van der Waals surface area contributed by atoms with Gasteiger partial charge in [0.1, 0.15) is 49.9 Å². The van der Waals surface area contributed by atoms with Crippen LogP contribution in [0, 0.1) is 139 Å². The number of aromatic nitrogens is 6. The van der Waals surface area contributed by atoms with Gasteiger partial charge in [0.15, 0.2) is 0 Å². The number of rotatable bonds is 22. The molecule has 0 aliphatic heterocycles. The van der Waals surface area contributed by atoms with Gasteiger partial charge in [-0.15, -0.1) is 10.2 Å². The van der Waals surface area contributed by atoms with Crippen LogP contribution in [0.15, 0.2) is 12.4 Å². The van der Waals surface area contributed by atoms with Crippen molar-refractivity contribution in [2.75, 3.05) is 7.11 Å². The molecule has 574 valence electrons. The fourth-order valence-corrected chi connectivity index (χ4v) is 28.6. The molecule has 12 aliphatic rings. The minimum Gasteiger partial charge on any atom is -0.469 e. The van der Waals surface area contributed by atoms with E-state index in [0.717, 1.165) is 128 Å². The quantitative estimate of drug-likeness (QED) is 0.0630. The summed E-state index contributed by atoms with van der Waals surface area (Å²) in [6, 6.07) is 0. The first-order valence-corrected chi connectivity index (χ1v) is 41.3. The number of methoxy groups -OCH3 is 1. The zero-order valence-corrected chi connectivity index (χ0v) is 64.1. The monoisotopic (exact) mass is 1430 g/mol. The minimum absolute atomic E-state index is 0.0431. The molecule has 4 N–H and O–H groups in total. The Morgan fingerprint density at radius 3 is 1.28 bits per heavy atom. The molecule has 0 aromatic carbocycles. The molecule has 30 atom stereocenters. The molecule has 20 heteroatoms. The van der Waals surface area contributed by atoms with E-state index in [1.165, 1.54) is 42.2 Å². The lowest BCUT2D eigenvalue weighted by molar-refractivity contribution is -0.200. The summed E-state index contributed by atoms with van der Waals surface area (Å²) in [4.78, 5) is 67.4. The van der Waals surface area contributed by atoms with Crippen molar-refractivity contribution >= 4 is 29.8 Å². The van der Waals surface area contributed by atoms with Gasteiger partial charge >= 0.3 is 29.8 Å². The van der Waals surface area contributed by atoms with Crippen molar-refractivity contribution in [1.29, 1.82) is 0 Å². The van der Waals surface area contributed by atoms with Crippen LogP contribution in [-0.2, 0) is 74.0 Å². The zero-order chi connectivity index (χ0) is 72.9. The second-order valence-electron chi connectivity index (χ2n) is 38.3. The summed E-state index contributed by atoms with van der Waals surface area (Å²) in [6.45, 7) is 20.8. The van der Waals surface area contributed by atoms with Crippen LogP contribution in [0.2, 0.25) is 0 Å². The van der Waals surface area contributed by atoms with Crippen LogP contribution in [-0.4, -0.2) is 124 Å². The number of carbonyl (C=O) groups excluding carboxylic acids is 5. The van der Waals surface area contributed by atoms with Crippen molar-refractivity contribution in [2.24, 2.45) is 139 Å². The number of esters is 5. The highest BCUT2D eigenvalue weighted by molar-refractivity contribution is 5.71. The Morgan fingerprint density at radius 2 is 0.835 bits per heavy atom. The topological polar surface area (TPSA) is 274 Å². The Hall–Kier alpha value is -4.53. The summed E-state index contributed by atoms with van der Waals surface area (Å²) in [5.74, 6) is 5.52. The summed E-state index contributed by atoms with van der Waals surface area (Å²) in [6.07, 6.45) is 28.1. The number of hydrogen-bond acceptors (Lipinski definition) is 18. The second kappa shape index (κ2) is 29.5. The van der Waals surface area contributed by atoms with Crippen molar-refractivity contribution in [3.8, 4) is 0 Å². The van der Waals surface area contributed by atoms with E-state index in [0.29, 0.717) is 114 Å². The van der Waals surface area contributed by atoms with E-state index in [-0.39, 0.29) is 162 Å². The third kappa shape index (κ3) is 13.7. The predicted molar refractivity (Wildman–Crippen MR) is 382 cm³/mol.